The molecule has 1 aliphatic carbocycles. The number of rotatable bonds is 7. The number of aromatic amines is 1. The van der Waals surface area contributed by atoms with Crippen LogP contribution < -0.4 is 10.6 Å². The van der Waals surface area contributed by atoms with E-state index in [-0.39, 0.29) is 0 Å². The van der Waals surface area contributed by atoms with Gasteiger partial charge in [0, 0.05) is 37.8 Å². The summed E-state index contributed by atoms with van der Waals surface area (Å²) in [6, 6.07) is 8.78. The molecule has 1 saturated carbocycles. The lowest BCUT2D eigenvalue weighted by atomic mass is 10.1. The zero-order valence-electron chi connectivity index (χ0n) is 17.4. The van der Waals surface area contributed by atoms with Gasteiger partial charge in [-0.05, 0) is 43.7 Å². The number of H-pyrrole nitrogens is 1. The molecule has 2 aliphatic rings. The molecule has 156 valence electrons. The minimum absolute atomic E-state index is 0.481. The molecule has 1 atom stereocenters. The topological polar surface area (TPSA) is 81.2 Å². The van der Waals surface area contributed by atoms with E-state index in [1.165, 1.54) is 51.5 Å². The Hall–Kier alpha value is -2.41. The van der Waals surface area contributed by atoms with Gasteiger partial charge in [-0.3, -0.25) is 5.10 Å². The lowest BCUT2D eigenvalue weighted by molar-refractivity contribution is 0.275. The molecule has 4 rings (SSSR count). The molecule has 7 nitrogen and oxygen atoms in total. The van der Waals surface area contributed by atoms with Crippen LogP contribution in [0.4, 0.5) is 0 Å². The number of benzene rings is 1. The molecule has 0 spiro atoms. The van der Waals surface area contributed by atoms with Crippen molar-refractivity contribution in [3.63, 3.8) is 0 Å². The lowest BCUT2D eigenvalue weighted by Gasteiger charge is -2.21. The zero-order chi connectivity index (χ0) is 19.9. The van der Waals surface area contributed by atoms with Crippen molar-refractivity contribution in [2.75, 3.05) is 26.2 Å². The fraction of sp³-hybridized carbons (Fsp3) is 0.591. The first-order valence-electron chi connectivity index (χ1n) is 11.0. The van der Waals surface area contributed by atoms with Crippen LogP contribution in [0.25, 0.3) is 11.4 Å². The normalized spacial score (nSPS) is 21.0. The smallest absolute Gasteiger partial charge is 0.191 e. The Morgan fingerprint density at radius 1 is 1.28 bits per heavy atom. The van der Waals surface area contributed by atoms with Crippen molar-refractivity contribution in [1.29, 1.82) is 0 Å². The Labute approximate surface area is 173 Å². The number of nitrogens with zero attached hydrogens (tertiary/aromatic N) is 4. The second-order valence-electron chi connectivity index (χ2n) is 8.27. The molecule has 0 radical (unpaired) electrons. The highest BCUT2D eigenvalue weighted by molar-refractivity contribution is 5.80. The molecule has 3 N–H and O–H groups in total. The van der Waals surface area contributed by atoms with E-state index in [0.717, 1.165) is 41.9 Å². The molecule has 1 aromatic heterocycles. The number of likely N-dealkylation sites (tertiary alicyclic amines) is 1. The number of guanidine groups is 1. The van der Waals surface area contributed by atoms with Gasteiger partial charge >= 0.3 is 0 Å². The van der Waals surface area contributed by atoms with Crippen LogP contribution in [0.3, 0.4) is 0 Å². The highest BCUT2D eigenvalue weighted by atomic mass is 15.2. The Morgan fingerprint density at radius 3 is 2.97 bits per heavy atom. The fourth-order valence-electron chi connectivity index (χ4n) is 4.52. The van der Waals surface area contributed by atoms with E-state index in [0.29, 0.717) is 12.6 Å². The summed E-state index contributed by atoms with van der Waals surface area (Å²) in [6.45, 7) is 7.22. The maximum atomic E-state index is 4.83. The van der Waals surface area contributed by atoms with Gasteiger partial charge in [0.2, 0.25) is 0 Å². The van der Waals surface area contributed by atoms with Crippen molar-refractivity contribution >= 4 is 5.96 Å². The van der Waals surface area contributed by atoms with Crippen molar-refractivity contribution in [3.8, 4) is 11.4 Å². The molecule has 2 aromatic rings. The summed E-state index contributed by atoms with van der Waals surface area (Å²) < 4.78 is 0. The van der Waals surface area contributed by atoms with E-state index in [2.05, 4.69) is 49.8 Å². The average Bonchev–Trinajstić information content (AvgIpc) is 3.50. The molecule has 1 unspecified atom stereocenters. The molecule has 0 amide bonds. The molecule has 2 heterocycles. The van der Waals surface area contributed by atoms with Crippen LogP contribution in [0.2, 0.25) is 0 Å². The van der Waals surface area contributed by atoms with Gasteiger partial charge in [-0.1, -0.05) is 31.0 Å². The quantitative estimate of drug-likeness (QED) is 0.496. The van der Waals surface area contributed by atoms with Crippen LogP contribution in [-0.4, -0.2) is 58.3 Å². The molecule has 7 heteroatoms. The number of aromatic nitrogens is 3. The summed E-state index contributed by atoms with van der Waals surface area (Å²) >= 11 is 0. The summed E-state index contributed by atoms with van der Waals surface area (Å²) in [5, 5.41) is 13.9. The first-order chi connectivity index (χ1) is 14.3. The van der Waals surface area contributed by atoms with E-state index >= 15 is 0 Å². The SMILES string of the molecule is CCNC(=NCc1cccc(-c2ncn[nH]2)c1)NC1CCN(CC2CCCC2)C1. The Kier molecular flexibility index (Phi) is 6.77. The van der Waals surface area contributed by atoms with Gasteiger partial charge in [-0.25, -0.2) is 9.98 Å². The zero-order valence-corrected chi connectivity index (χ0v) is 17.4. The molecular weight excluding hydrogens is 362 g/mol. The minimum Gasteiger partial charge on any atom is -0.357 e. The number of aliphatic imine (C=N–C) groups is 1. The Morgan fingerprint density at radius 2 is 2.17 bits per heavy atom. The summed E-state index contributed by atoms with van der Waals surface area (Å²) in [5.74, 6) is 2.62. The van der Waals surface area contributed by atoms with Gasteiger partial charge in [0.1, 0.15) is 6.33 Å². The first-order valence-corrected chi connectivity index (χ1v) is 11.0. The van der Waals surface area contributed by atoms with E-state index in [9.17, 15) is 0 Å². The summed E-state index contributed by atoms with van der Waals surface area (Å²) in [4.78, 5) is 11.7. The second-order valence-corrected chi connectivity index (χ2v) is 8.27. The number of hydrogen-bond acceptors (Lipinski definition) is 4. The Bertz CT molecular complexity index is 780. The highest BCUT2D eigenvalue weighted by Crippen LogP contribution is 2.26. The summed E-state index contributed by atoms with van der Waals surface area (Å²) in [6.07, 6.45) is 8.42. The molecule has 1 saturated heterocycles. The van der Waals surface area contributed by atoms with E-state index in [1.54, 1.807) is 0 Å². The Balaban J connectivity index is 1.33. The van der Waals surface area contributed by atoms with Crippen molar-refractivity contribution in [3.05, 3.63) is 36.2 Å². The van der Waals surface area contributed by atoms with Crippen LogP contribution in [0.5, 0.6) is 0 Å². The van der Waals surface area contributed by atoms with Crippen LogP contribution in [0.1, 0.15) is 44.6 Å². The van der Waals surface area contributed by atoms with Gasteiger partial charge in [0.05, 0.1) is 6.54 Å². The first kappa shape index (κ1) is 19.9. The molecule has 1 aromatic carbocycles. The van der Waals surface area contributed by atoms with E-state index in [1.807, 2.05) is 12.1 Å². The van der Waals surface area contributed by atoms with Crippen molar-refractivity contribution < 1.29 is 0 Å². The van der Waals surface area contributed by atoms with Crippen LogP contribution >= 0.6 is 0 Å². The minimum atomic E-state index is 0.481. The number of hydrogen-bond donors (Lipinski definition) is 3. The maximum Gasteiger partial charge on any atom is 0.191 e. The van der Waals surface area contributed by atoms with Gasteiger partial charge < -0.3 is 15.5 Å². The third kappa shape index (κ3) is 5.56. The molecule has 0 bridgehead atoms. The third-order valence-corrected chi connectivity index (χ3v) is 5.98. The van der Waals surface area contributed by atoms with Crippen LogP contribution in [0, 0.1) is 5.92 Å². The number of nitrogens with one attached hydrogen (secondary N) is 3. The van der Waals surface area contributed by atoms with Gasteiger partial charge in [-0.2, -0.15) is 5.10 Å². The molecule has 29 heavy (non-hydrogen) atoms. The van der Waals surface area contributed by atoms with Crippen LogP contribution in [-0.2, 0) is 6.54 Å². The van der Waals surface area contributed by atoms with Crippen molar-refractivity contribution in [1.82, 2.24) is 30.7 Å². The van der Waals surface area contributed by atoms with Gasteiger partial charge in [0.15, 0.2) is 11.8 Å². The van der Waals surface area contributed by atoms with Gasteiger partial charge in [0.25, 0.3) is 0 Å². The average molecular weight is 396 g/mol. The standard InChI is InChI=1S/C22H33N7/c1-2-23-22(27-20-10-11-29(15-20)14-17-6-3-4-7-17)24-13-18-8-5-9-19(12-18)21-25-16-26-28-21/h5,8-9,12,16-17,20H,2-4,6-7,10-11,13-15H2,1H3,(H2,23,24,27)(H,25,26,28). The van der Waals surface area contributed by atoms with Crippen molar-refractivity contribution in [2.24, 2.45) is 10.9 Å². The largest absolute Gasteiger partial charge is 0.357 e. The fourth-order valence-corrected chi connectivity index (χ4v) is 4.52. The van der Waals surface area contributed by atoms with Gasteiger partial charge in [-0.15, -0.1) is 0 Å². The monoisotopic (exact) mass is 395 g/mol. The highest BCUT2D eigenvalue weighted by Gasteiger charge is 2.26. The lowest BCUT2D eigenvalue weighted by Crippen LogP contribution is -2.44. The summed E-state index contributed by atoms with van der Waals surface area (Å²) in [5.41, 5.74) is 2.19. The molecule has 2 fully saturated rings. The van der Waals surface area contributed by atoms with Crippen LogP contribution in [0.15, 0.2) is 35.6 Å². The van der Waals surface area contributed by atoms with E-state index in [4.69, 9.17) is 4.99 Å². The summed E-state index contributed by atoms with van der Waals surface area (Å²) in [7, 11) is 0. The third-order valence-electron chi connectivity index (χ3n) is 5.98. The predicted molar refractivity (Wildman–Crippen MR) is 117 cm³/mol. The van der Waals surface area contributed by atoms with Crippen molar-refractivity contribution in [2.45, 2.75) is 51.6 Å². The molecular formula is C22H33N7. The van der Waals surface area contributed by atoms with E-state index < -0.39 is 0 Å². The maximum absolute atomic E-state index is 4.83. The predicted octanol–water partition coefficient (Wildman–Crippen LogP) is 2.79. The molecule has 1 aliphatic heterocycles. The second kappa shape index (κ2) is 9.87.